The third kappa shape index (κ3) is 4.46. The van der Waals surface area contributed by atoms with E-state index in [2.05, 4.69) is 44.6 Å². The minimum absolute atomic E-state index is 0.136. The van der Waals surface area contributed by atoms with Gasteiger partial charge in [0.25, 0.3) is 5.56 Å². The molecule has 1 aliphatic rings. The molecule has 2 heterocycles. The highest BCUT2D eigenvalue weighted by molar-refractivity contribution is 5.80. The molecular weight excluding hydrogens is 428 g/mol. The van der Waals surface area contributed by atoms with Crippen LogP contribution in [0.3, 0.4) is 0 Å². The molecule has 0 spiro atoms. The topological polar surface area (TPSA) is 88.9 Å². The number of pyridine rings is 1. The Labute approximate surface area is 198 Å². The molecule has 1 atom stereocenters. The predicted molar refractivity (Wildman–Crippen MR) is 131 cm³/mol. The fourth-order valence-electron chi connectivity index (χ4n) is 5.04. The molecule has 0 radical (unpaired) electrons. The van der Waals surface area contributed by atoms with E-state index in [4.69, 9.17) is 4.74 Å². The molecule has 8 nitrogen and oxygen atoms in total. The zero-order valence-corrected chi connectivity index (χ0v) is 19.6. The average molecular weight is 459 g/mol. The first-order chi connectivity index (χ1) is 16.6. The lowest BCUT2D eigenvalue weighted by Crippen LogP contribution is -2.40. The van der Waals surface area contributed by atoms with Gasteiger partial charge in [-0.3, -0.25) is 9.69 Å². The molecule has 0 saturated heterocycles. The number of nitrogens with zero attached hydrogens (tertiary/aromatic N) is 5. The zero-order chi connectivity index (χ0) is 23.5. The molecule has 2 aromatic carbocycles. The van der Waals surface area contributed by atoms with Crippen molar-refractivity contribution in [2.75, 3.05) is 14.2 Å². The van der Waals surface area contributed by atoms with Crippen LogP contribution in [0.5, 0.6) is 5.75 Å². The van der Waals surface area contributed by atoms with Crippen LogP contribution < -0.4 is 10.3 Å². The normalized spacial score (nSPS) is 15.6. The van der Waals surface area contributed by atoms with Crippen LogP contribution in [0.25, 0.3) is 10.9 Å². The fourth-order valence-corrected chi connectivity index (χ4v) is 5.04. The molecule has 5 rings (SSSR count). The number of H-pyrrole nitrogens is 1. The van der Waals surface area contributed by atoms with Crippen LogP contribution in [-0.4, -0.2) is 50.3 Å². The lowest BCUT2D eigenvalue weighted by atomic mass is 9.92. The maximum absolute atomic E-state index is 13.4. The van der Waals surface area contributed by atoms with Gasteiger partial charge in [0.1, 0.15) is 11.8 Å². The molecule has 0 unspecified atom stereocenters. The van der Waals surface area contributed by atoms with Gasteiger partial charge in [-0.05, 0) is 59.5 Å². The van der Waals surface area contributed by atoms with Crippen molar-refractivity contribution in [2.24, 2.45) is 0 Å². The lowest BCUT2D eigenvalue weighted by Gasteiger charge is -2.36. The van der Waals surface area contributed by atoms with Gasteiger partial charge >= 0.3 is 0 Å². The zero-order valence-electron chi connectivity index (χ0n) is 19.6. The van der Waals surface area contributed by atoms with Gasteiger partial charge in [-0.2, -0.15) is 0 Å². The van der Waals surface area contributed by atoms with Gasteiger partial charge in [0.15, 0.2) is 5.82 Å². The number of rotatable bonds is 7. The molecule has 0 bridgehead atoms. The first-order valence-electron chi connectivity index (χ1n) is 11.9. The highest BCUT2D eigenvalue weighted by atomic mass is 16.5. The number of benzene rings is 2. The standard InChI is InChI=1S/C26H30N6O2/c1-31(20-11-7-4-8-12-20)24(25-28-29-30-32(25)17-18-9-5-3-6-10-18)22-15-19-13-14-21(34-2)16-23(19)27-26(22)33/h3,5-6,9-10,13-16,20,24H,4,7-8,11-12,17H2,1-2H3,(H,27,33)/t24-/m1/s1. The van der Waals surface area contributed by atoms with E-state index in [0.29, 0.717) is 29.7 Å². The molecule has 1 saturated carbocycles. The molecule has 4 aromatic rings. The predicted octanol–water partition coefficient (Wildman–Crippen LogP) is 3.93. The Bertz CT molecular complexity index is 1310. The van der Waals surface area contributed by atoms with Crippen LogP contribution in [0.4, 0.5) is 0 Å². The third-order valence-corrected chi connectivity index (χ3v) is 6.91. The van der Waals surface area contributed by atoms with E-state index in [9.17, 15) is 4.79 Å². The quantitative estimate of drug-likeness (QED) is 0.451. The molecule has 1 aliphatic carbocycles. The Kier molecular flexibility index (Phi) is 6.40. The summed E-state index contributed by atoms with van der Waals surface area (Å²) in [6.45, 7) is 0.543. The van der Waals surface area contributed by atoms with Gasteiger partial charge in [0, 0.05) is 17.7 Å². The maximum atomic E-state index is 13.4. The van der Waals surface area contributed by atoms with Crippen LogP contribution in [0, 0.1) is 0 Å². The van der Waals surface area contributed by atoms with E-state index in [-0.39, 0.29) is 11.6 Å². The van der Waals surface area contributed by atoms with Crippen LogP contribution >= 0.6 is 0 Å². The summed E-state index contributed by atoms with van der Waals surface area (Å²) in [4.78, 5) is 18.8. The van der Waals surface area contributed by atoms with Crippen LogP contribution in [0.2, 0.25) is 0 Å². The van der Waals surface area contributed by atoms with E-state index in [1.165, 1.54) is 19.3 Å². The average Bonchev–Trinajstić information content (AvgIpc) is 3.32. The Morgan fingerprint density at radius 3 is 2.68 bits per heavy atom. The number of tetrazole rings is 1. The third-order valence-electron chi connectivity index (χ3n) is 6.91. The summed E-state index contributed by atoms with van der Waals surface area (Å²) < 4.78 is 7.14. The molecule has 1 N–H and O–H groups in total. The van der Waals surface area contributed by atoms with Crippen molar-refractivity contribution >= 4 is 10.9 Å². The Morgan fingerprint density at radius 2 is 1.91 bits per heavy atom. The van der Waals surface area contributed by atoms with Crippen LogP contribution in [-0.2, 0) is 6.54 Å². The Hall–Kier alpha value is -3.52. The van der Waals surface area contributed by atoms with Crippen molar-refractivity contribution in [3.05, 3.63) is 81.9 Å². The molecule has 0 aliphatic heterocycles. The van der Waals surface area contributed by atoms with Gasteiger partial charge in [0.2, 0.25) is 0 Å². The summed E-state index contributed by atoms with van der Waals surface area (Å²) in [5, 5.41) is 13.7. The first kappa shape index (κ1) is 22.3. The van der Waals surface area contributed by atoms with Gasteiger partial charge in [-0.25, -0.2) is 4.68 Å². The number of aromatic amines is 1. The maximum Gasteiger partial charge on any atom is 0.253 e. The van der Waals surface area contributed by atoms with Crippen molar-refractivity contribution in [1.82, 2.24) is 30.1 Å². The SMILES string of the molecule is COc1ccc2cc([C@H](c3nnnn3Cc3ccccc3)N(C)C3CCCCC3)c(=O)[nH]c2c1. The number of fused-ring (bicyclic) bond motifs is 1. The second-order valence-electron chi connectivity index (χ2n) is 9.05. The second-order valence-corrected chi connectivity index (χ2v) is 9.05. The largest absolute Gasteiger partial charge is 0.497 e. The molecular formula is C26H30N6O2. The summed E-state index contributed by atoms with van der Waals surface area (Å²) >= 11 is 0. The van der Waals surface area contributed by atoms with E-state index < -0.39 is 0 Å². The number of methoxy groups -OCH3 is 1. The molecule has 8 heteroatoms. The number of nitrogens with one attached hydrogen (secondary N) is 1. The van der Waals surface area contributed by atoms with Crippen LogP contribution in [0.15, 0.2) is 59.4 Å². The van der Waals surface area contributed by atoms with Crippen molar-refractivity contribution in [2.45, 2.75) is 50.7 Å². The van der Waals surface area contributed by atoms with E-state index in [0.717, 1.165) is 29.3 Å². The van der Waals surface area contributed by atoms with Crippen molar-refractivity contribution in [3.63, 3.8) is 0 Å². The van der Waals surface area contributed by atoms with Crippen molar-refractivity contribution in [3.8, 4) is 5.75 Å². The minimum atomic E-state index is -0.364. The van der Waals surface area contributed by atoms with Crippen LogP contribution in [0.1, 0.15) is 55.1 Å². The summed E-state index contributed by atoms with van der Waals surface area (Å²) in [5.41, 5.74) is 2.36. The van der Waals surface area contributed by atoms with E-state index in [1.807, 2.05) is 47.1 Å². The molecule has 34 heavy (non-hydrogen) atoms. The number of hydrogen-bond donors (Lipinski definition) is 1. The molecule has 0 amide bonds. The summed E-state index contributed by atoms with van der Waals surface area (Å²) in [6.07, 6.45) is 5.88. The first-order valence-corrected chi connectivity index (χ1v) is 11.9. The lowest BCUT2D eigenvalue weighted by molar-refractivity contribution is 0.149. The highest BCUT2D eigenvalue weighted by Gasteiger charge is 2.33. The minimum Gasteiger partial charge on any atom is -0.497 e. The van der Waals surface area contributed by atoms with Gasteiger partial charge in [-0.1, -0.05) is 49.6 Å². The summed E-state index contributed by atoms with van der Waals surface area (Å²) in [6, 6.07) is 17.8. The fraction of sp³-hybridized carbons (Fsp3) is 0.385. The monoisotopic (exact) mass is 458 g/mol. The van der Waals surface area contributed by atoms with Crippen molar-refractivity contribution < 1.29 is 4.74 Å². The second kappa shape index (κ2) is 9.77. The molecule has 1 fully saturated rings. The molecule has 176 valence electrons. The van der Waals surface area contributed by atoms with E-state index >= 15 is 0 Å². The Balaban J connectivity index is 1.61. The smallest absolute Gasteiger partial charge is 0.253 e. The number of aromatic nitrogens is 5. The summed E-state index contributed by atoms with van der Waals surface area (Å²) in [7, 11) is 3.72. The van der Waals surface area contributed by atoms with Gasteiger partial charge in [-0.15, -0.1) is 5.10 Å². The van der Waals surface area contributed by atoms with E-state index in [1.54, 1.807) is 7.11 Å². The number of hydrogen-bond acceptors (Lipinski definition) is 6. The summed E-state index contributed by atoms with van der Waals surface area (Å²) in [5.74, 6) is 1.38. The van der Waals surface area contributed by atoms with Gasteiger partial charge < -0.3 is 9.72 Å². The highest BCUT2D eigenvalue weighted by Crippen LogP contribution is 2.32. The number of ether oxygens (including phenoxy) is 1. The Morgan fingerprint density at radius 1 is 1.12 bits per heavy atom. The molecule has 2 aromatic heterocycles. The van der Waals surface area contributed by atoms with Gasteiger partial charge in [0.05, 0.1) is 19.2 Å². The van der Waals surface area contributed by atoms with Crippen molar-refractivity contribution in [1.29, 1.82) is 0 Å².